The number of aromatic amines is 1. The van der Waals surface area contributed by atoms with Gasteiger partial charge < -0.3 is 15.0 Å². The Morgan fingerprint density at radius 3 is 2.24 bits per heavy atom. The number of nitrogens with zero attached hydrogens (tertiary/aromatic N) is 1. The van der Waals surface area contributed by atoms with Gasteiger partial charge in [0.25, 0.3) is 0 Å². The summed E-state index contributed by atoms with van der Waals surface area (Å²) in [6.07, 6.45) is -8.96. The van der Waals surface area contributed by atoms with E-state index in [1.807, 2.05) is 0 Å². The lowest BCUT2D eigenvalue weighted by Gasteiger charge is -2.09. The highest BCUT2D eigenvalue weighted by Gasteiger charge is 2.35. The van der Waals surface area contributed by atoms with Gasteiger partial charge in [-0.05, 0) is 29.8 Å². The van der Waals surface area contributed by atoms with Crippen LogP contribution in [0.15, 0.2) is 42.5 Å². The molecule has 11 heteroatoms. The summed E-state index contributed by atoms with van der Waals surface area (Å²) in [4.78, 5) is 5.74. The van der Waals surface area contributed by atoms with Gasteiger partial charge in [0.05, 0.1) is 11.1 Å². The van der Waals surface area contributed by atoms with Gasteiger partial charge in [0.15, 0.2) is 0 Å². The van der Waals surface area contributed by atoms with Crippen LogP contribution in [-0.2, 0) is 18.9 Å². The molecule has 0 bridgehead atoms. The highest BCUT2D eigenvalue weighted by atomic mass is 35.5. The Labute approximate surface area is 167 Å². The maximum absolute atomic E-state index is 12.8. The van der Waals surface area contributed by atoms with Crippen LogP contribution in [0.2, 0.25) is 0 Å². The molecular weight excluding hydrogens is 424 g/mol. The van der Waals surface area contributed by atoms with E-state index in [1.54, 1.807) is 6.07 Å². The summed E-state index contributed by atoms with van der Waals surface area (Å²) in [6, 6.07) is 9.28. The van der Waals surface area contributed by atoms with Crippen LogP contribution in [0.4, 0.5) is 26.3 Å². The van der Waals surface area contributed by atoms with Crippen LogP contribution in [0.5, 0.6) is 5.75 Å². The molecule has 0 aliphatic carbocycles. The molecule has 0 saturated heterocycles. The molecular formula is C18H16ClF6N3O. The first-order valence-corrected chi connectivity index (χ1v) is 8.20. The maximum atomic E-state index is 12.8. The molecule has 1 heterocycles. The second kappa shape index (κ2) is 8.91. The molecule has 4 nitrogen and oxygen atoms in total. The fraction of sp³-hybridized carbons (Fsp3) is 0.278. The molecule has 3 rings (SSSR count). The SMILES string of the molecule is Cl.FC(F)(F)c1ccc(CNCCOc2cccc3[nH]c(C(F)(F)F)nc23)cc1. The normalized spacial score (nSPS) is 12.1. The predicted octanol–water partition coefficient (Wildman–Crippen LogP) is 5.19. The lowest BCUT2D eigenvalue weighted by atomic mass is 10.1. The van der Waals surface area contributed by atoms with Crippen molar-refractivity contribution in [1.82, 2.24) is 15.3 Å². The van der Waals surface area contributed by atoms with E-state index in [1.165, 1.54) is 24.3 Å². The van der Waals surface area contributed by atoms with E-state index in [9.17, 15) is 26.3 Å². The van der Waals surface area contributed by atoms with Gasteiger partial charge in [-0.2, -0.15) is 26.3 Å². The molecule has 29 heavy (non-hydrogen) atoms. The molecule has 2 aromatic carbocycles. The van der Waals surface area contributed by atoms with E-state index in [0.29, 0.717) is 18.7 Å². The van der Waals surface area contributed by atoms with Crippen LogP contribution in [0.25, 0.3) is 11.0 Å². The Bertz CT molecular complexity index is 937. The van der Waals surface area contributed by atoms with Crippen molar-refractivity contribution >= 4 is 23.4 Å². The van der Waals surface area contributed by atoms with Gasteiger partial charge in [0, 0.05) is 13.1 Å². The van der Waals surface area contributed by atoms with E-state index in [0.717, 1.165) is 12.1 Å². The van der Waals surface area contributed by atoms with E-state index in [2.05, 4.69) is 15.3 Å². The number of fused-ring (bicyclic) bond motifs is 1. The third-order valence-corrected chi connectivity index (χ3v) is 3.89. The van der Waals surface area contributed by atoms with Gasteiger partial charge in [-0.15, -0.1) is 12.4 Å². The average Bonchev–Trinajstić information content (AvgIpc) is 3.06. The van der Waals surface area contributed by atoms with Crippen molar-refractivity contribution in [3.8, 4) is 5.75 Å². The summed E-state index contributed by atoms with van der Waals surface area (Å²) in [5.74, 6) is -0.889. The number of hydrogen-bond donors (Lipinski definition) is 2. The van der Waals surface area contributed by atoms with Crippen LogP contribution in [0.1, 0.15) is 17.0 Å². The Hall–Kier alpha value is -2.46. The Kier molecular flexibility index (Phi) is 7.02. The lowest BCUT2D eigenvalue weighted by molar-refractivity contribution is -0.144. The molecule has 158 valence electrons. The largest absolute Gasteiger partial charge is 0.490 e. The molecule has 3 aromatic rings. The summed E-state index contributed by atoms with van der Waals surface area (Å²) in [5.41, 5.74) is 0.238. The summed E-state index contributed by atoms with van der Waals surface area (Å²) in [5, 5.41) is 2.99. The molecule has 0 radical (unpaired) electrons. The second-order valence-corrected chi connectivity index (χ2v) is 5.96. The summed E-state index contributed by atoms with van der Waals surface area (Å²) in [7, 11) is 0. The van der Waals surface area contributed by atoms with Crippen molar-refractivity contribution in [1.29, 1.82) is 0 Å². The van der Waals surface area contributed by atoms with Crippen LogP contribution < -0.4 is 10.1 Å². The number of halogens is 7. The number of para-hydroxylation sites is 1. The number of aromatic nitrogens is 2. The first-order valence-electron chi connectivity index (χ1n) is 8.20. The minimum absolute atomic E-state index is 0. The van der Waals surface area contributed by atoms with Gasteiger partial charge in [0.2, 0.25) is 5.82 Å². The molecule has 2 N–H and O–H groups in total. The molecule has 0 amide bonds. The van der Waals surface area contributed by atoms with Crippen molar-refractivity contribution in [2.24, 2.45) is 0 Å². The summed E-state index contributed by atoms with van der Waals surface area (Å²) >= 11 is 0. The minimum atomic E-state index is -4.58. The molecule has 1 aromatic heterocycles. The number of nitrogens with one attached hydrogen (secondary N) is 2. The number of benzene rings is 2. The van der Waals surface area contributed by atoms with Crippen LogP contribution in [0, 0.1) is 0 Å². The van der Waals surface area contributed by atoms with Crippen LogP contribution in [0.3, 0.4) is 0 Å². The predicted molar refractivity (Wildman–Crippen MR) is 97.0 cm³/mol. The molecule has 0 spiro atoms. The van der Waals surface area contributed by atoms with E-state index < -0.39 is 23.7 Å². The van der Waals surface area contributed by atoms with Crippen molar-refractivity contribution in [3.63, 3.8) is 0 Å². The van der Waals surface area contributed by atoms with Crippen molar-refractivity contribution < 1.29 is 31.1 Å². The zero-order chi connectivity index (χ0) is 20.4. The number of ether oxygens (including phenoxy) is 1. The Morgan fingerprint density at radius 2 is 1.62 bits per heavy atom. The lowest BCUT2D eigenvalue weighted by Crippen LogP contribution is -2.20. The Morgan fingerprint density at radius 1 is 0.931 bits per heavy atom. The fourth-order valence-electron chi connectivity index (χ4n) is 2.53. The molecule has 0 unspecified atom stereocenters. The molecule has 0 aliphatic heterocycles. The smallest absolute Gasteiger partial charge is 0.449 e. The van der Waals surface area contributed by atoms with Gasteiger partial charge in [-0.25, -0.2) is 4.98 Å². The number of hydrogen-bond acceptors (Lipinski definition) is 3. The van der Waals surface area contributed by atoms with E-state index in [4.69, 9.17) is 4.74 Å². The molecule has 0 aliphatic rings. The van der Waals surface area contributed by atoms with Gasteiger partial charge in [-0.3, -0.25) is 0 Å². The minimum Gasteiger partial charge on any atom is -0.490 e. The second-order valence-electron chi connectivity index (χ2n) is 5.96. The summed E-state index contributed by atoms with van der Waals surface area (Å²) in [6.45, 7) is 0.814. The number of alkyl halides is 6. The van der Waals surface area contributed by atoms with Gasteiger partial charge >= 0.3 is 12.4 Å². The van der Waals surface area contributed by atoms with Gasteiger partial charge in [0.1, 0.15) is 17.9 Å². The van der Waals surface area contributed by atoms with Crippen LogP contribution >= 0.6 is 12.4 Å². The quantitative estimate of drug-likeness (QED) is 0.410. The van der Waals surface area contributed by atoms with E-state index in [-0.39, 0.29) is 35.8 Å². The third-order valence-electron chi connectivity index (χ3n) is 3.89. The standard InChI is InChI=1S/C18H15F6N3O.ClH/c19-17(20,21)12-6-4-11(5-7-12)10-25-8-9-28-14-3-1-2-13-15(14)27-16(26-13)18(22,23)24;/h1-7,25H,8-10H2,(H,26,27);1H. The molecule has 0 atom stereocenters. The first-order chi connectivity index (χ1) is 13.1. The number of H-pyrrole nitrogens is 1. The zero-order valence-corrected chi connectivity index (χ0v) is 15.5. The monoisotopic (exact) mass is 439 g/mol. The van der Waals surface area contributed by atoms with E-state index >= 15 is 0 Å². The highest BCUT2D eigenvalue weighted by Crippen LogP contribution is 2.31. The zero-order valence-electron chi connectivity index (χ0n) is 14.7. The average molecular weight is 440 g/mol. The van der Waals surface area contributed by atoms with Crippen molar-refractivity contribution in [2.45, 2.75) is 18.9 Å². The highest BCUT2D eigenvalue weighted by molar-refractivity contribution is 5.85. The first kappa shape index (κ1) is 22.8. The van der Waals surface area contributed by atoms with Crippen molar-refractivity contribution in [2.75, 3.05) is 13.2 Å². The Balaban J connectivity index is 0.00000300. The van der Waals surface area contributed by atoms with Crippen molar-refractivity contribution in [3.05, 3.63) is 59.4 Å². The molecule has 0 fully saturated rings. The fourth-order valence-corrected chi connectivity index (χ4v) is 2.53. The molecule has 0 saturated carbocycles. The number of imidazole rings is 1. The topological polar surface area (TPSA) is 49.9 Å². The maximum Gasteiger partial charge on any atom is 0.449 e. The van der Waals surface area contributed by atoms with Crippen LogP contribution in [-0.4, -0.2) is 23.1 Å². The summed E-state index contributed by atoms with van der Waals surface area (Å²) < 4.78 is 81.3. The number of rotatable bonds is 6. The van der Waals surface area contributed by atoms with Gasteiger partial charge in [-0.1, -0.05) is 18.2 Å². The third kappa shape index (κ3) is 5.77.